The van der Waals surface area contributed by atoms with E-state index in [2.05, 4.69) is 153 Å². The lowest BCUT2D eigenvalue weighted by atomic mass is 9.71. The summed E-state index contributed by atoms with van der Waals surface area (Å²) in [5.41, 5.74) is 6.79. The summed E-state index contributed by atoms with van der Waals surface area (Å²) in [4.78, 5) is 120. The summed E-state index contributed by atoms with van der Waals surface area (Å²) in [7, 11) is 0. The number of aliphatic hydroxyl groups is 1. The molecule has 33 heteroatoms. The van der Waals surface area contributed by atoms with Gasteiger partial charge < -0.3 is 74.7 Å². The Kier molecular flexibility index (Phi) is 32.3. The summed E-state index contributed by atoms with van der Waals surface area (Å²) in [6.07, 6.45) is 34.5. The van der Waals surface area contributed by atoms with Gasteiger partial charge in [-0.15, -0.1) is 22.7 Å². The number of anilines is 4. The lowest BCUT2D eigenvalue weighted by Gasteiger charge is -2.43. The molecule has 686 valence electrons. The minimum absolute atomic E-state index is 0.00214. The standard InChI is InChI=1S/C33H42N4O4S.C28H34N4O3S.C20H28BrN3O3.C14H13BrF3N3O2/c38-29(37-14-9-25(10-15-37)22-28-5-3-20-42-28)8-7-26-21-27-23-33(32(39)35-31(27)34-24-26)11-16-36(17-12-33)13-4-19-41-30-6-1-2-18-40-30;33-15-2-10-31-13-8-28(9-14-31)19-23-17-22(20-29-26(23)30-27(28)35)4-5-25(34)32-11-6-21(7-12-32)18-24-3-1-16-36-24;21-16-12-15-13-20(19(25)23-18(15)22-14-16)5-8-24(9-6-20)7-3-11-27-17-4-1-2-10-26-17;15-9-5-8-6-13(11(22)20-10(8)19-7-9)1-3-21(4-2-13)12(23)14(16,17)18/h3,5,7-9,20-21,24,30H,1-2,4,6,10-19,22-23H2,(H,34,35,39);1,3-6,16-17,20,33H,2,7-15,18-19H2,(H,29,30,35);12,14,17H,1-11,13H2,(H,22,23,25);5,7H,1-4,6H2,(H,19,20,22)/b8-7+;5-4+;;. The Labute approximate surface area is 771 Å². The van der Waals surface area contributed by atoms with Gasteiger partial charge in [-0.05, 0) is 311 Å². The molecule has 12 aliphatic rings. The molecule has 12 aliphatic heterocycles. The number of hydrogen-bond acceptors (Lipinski definition) is 21. The molecule has 128 heavy (non-hydrogen) atoms. The van der Waals surface area contributed by atoms with Crippen molar-refractivity contribution in [3.8, 4) is 0 Å². The Morgan fingerprint density at radius 3 is 1.20 bits per heavy atom. The van der Waals surface area contributed by atoms with Crippen molar-refractivity contribution < 1.29 is 70.8 Å². The van der Waals surface area contributed by atoms with Crippen molar-refractivity contribution in [3.63, 3.8) is 0 Å². The fraction of sp³-hybridized carbons (Fsp3) is 0.547. The molecular formula is C95H117Br2F3N14O12S2. The van der Waals surface area contributed by atoms with Gasteiger partial charge in [-0.3, -0.25) is 33.6 Å². The van der Waals surface area contributed by atoms with Crippen molar-refractivity contribution in [2.24, 2.45) is 21.7 Å². The number of ether oxygens (including phenoxy) is 4. The number of carbonyl (C=O) groups is 7. The van der Waals surface area contributed by atoms with Gasteiger partial charge in [0.1, 0.15) is 23.3 Å². The summed E-state index contributed by atoms with van der Waals surface area (Å²) in [6, 6.07) is 16.6. The van der Waals surface area contributed by atoms with Crippen LogP contribution in [0.25, 0.3) is 12.2 Å². The first-order chi connectivity index (χ1) is 62.0. The maximum absolute atomic E-state index is 13.2. The smallest absolute Gasteiger partial charge is 0.396 e. The lowest BCUT2D eigenvalue weighted by molar-refractivity contribution is -0.187. The predicted molar refractivity (Wildman–Crippen MR) is 493 cm³/mol. The predicted octanol–water partition coefficient (Wildman–Crippen LogP) is 14.4. The van der Waals surface area contributed by atoms with Gasteiger partial charge in [0, 0.05) is 147 Å². The van der Waals surface area contributed by atoms with Crippen molar-refractivity contribution in [3.05, 3.63) is 172 Å². The minimum Gasteiger partial charge on any atom is -0.396 e. The molecule has 26 nitrogen and oxygen atoms in total. The average molecular weight is 1930 g/mol. The highest BCUT2D eigenvalue weighted by Crippen LogP contribution is 2.47. The average Bonchev–Trinajstić information content (AvgIpc) is 1.02. The van der Waals surface area contributed by atoms with E-state index in [9.17, 15) is 46.7 Å². The number of aliphatic hydroxyl groups excluding tert-OH is 1. The number of nitrogens with zero attached hydrogens (tertiary/aromatic N) is 10. The first-order valence-corrected chi connectivity index (χ1v) is 48.8. The van der Waals surface area contributed by atoms with Crippen LogP contribution in [-0.4, -0.2) is 246 Å². The monoisotopic (exact) mass is 1920 g/mol. The topological polar surface area (TPSA) is 296 Å². The molecule has 18 rings (SSSR count). The lowest BCUT2D eigenvalue weighted by Crippen LogP contribution is -2.53. The second-order valence-corrected chi connectivity index (χ2v) is 39.8. The number of halogens is 5. The van der Waals surface area contributed by atoms with Crippen LogP contribution >= 0.6 is 54.5 Å². The zero-order valence-corrected chi connectivity index (χ0v) is 77.4. The Morgan fingerprint density at radius 2 is 0.867 bits per heavy atom. The highest BCUT2D eigenvalue weighted by molar-refractivity contribution is 9.10. The van der Waals surface area contributed by atoms with Crippen LogP contribution in [0.5, 0.6) is 0 Å². The van der Waals surface area contributed by atoms with Gasteiger partial charge in [-0.1, -0.05) is 35.4 Å². The van der Waals surface area contributed by atoms with Gasteiger partial charge in [0.15, 0.2) is 12.6 Å². The highest BCUT2D eigenvalue weighted by Gasteiger charge is 2.51. The van der Waals surface area contributed by atoms with Gasteiger partial charge in [0.25, 0.3) is 0 Å². The first-order valence-electron chi connectivity index (χ1n) is 45.4. The molecule has 0 aliphatic carbocycles. The largest absolute Gasteiger partial charge is 0.471 e. The Balaban J connectivity index is 0.000000135. The number of thiophene rings is 2. The van der Waals surface area contributed by atoms with E-state index in [4.69, 9.17) is 24.1 Å². The molecule has 6 aromatic heterocycles. The summed E-state index contributed by atoms with van der Waals surface area (Å²) in [5.74, 6) is 0.751. The van der Waals surface area contributed by atoms with E-state index in [1.54, 1.807) is 59.6 Å². The zero-order chi connectivity index (χ0) is 89.3. The molecule has 2 unspecified atom stereocenters. The number of pyridine rings is 4. The van der Waals surface area contributed by atoms with Crippen LogP contribution in [-0.2, 0) is 91.0 Å². The number of likely N-dealkylation sites (tertiary alicyclic amines) is 4. The van der Waals surface area contributed by atoms with Crippen molar-refractivity contribution in [2.75, 3.05) is 152 Å². The number of piperidine rings is 4. The minimum atomic E-state index is -4.87. The van der Waals surface area contributed by atoms with Crippen molar-refractivity contribution in [2.45, 2.75) is 179 Å². The maximum Gasteiger partial charge on any atom is 0.471 e. The van der Waals surface area contributed by atoms with E-state index < -0.39 is 28.3 Å². The Morgan fingerprint density at radius 1 is 0.500 bits per heavy atom. The number of hydrogen-bond donors (Lipinski definition) is 5. The molecule has 5 N–H and O–H groups in total. The molecule has 0 saturated carbocycles. The third-order valence-corrected chi connectivity index (χ3v) is 29.9. The summed E-state index contributed by atoms with van der Waals surface area (Å²) >= 11 is 10.4. The fourth-order valence-corrected chi connectivity index (χ4v) is 21.7. The normalized spacial score (nSPS) is 22.0. The van der Waals surface area contributed by atoms with E-state index in [0.29, 0.717) is 49.8 Å². The SMILES string of the molecule is O=C(/C=C/c1cnc2c(c1)CC1(CCN(CCCO)CC1)C(=O)N2)N1CC=C(Cc2cccs2)CC1.O=C(/C=C/c1cnc2c(c1)CC1(CCN(CCCOC3CCCCO3)CC1)C(=O)N2)N1CC=C(Cc2cccs2)CC1.O=C(N1CCC2(CC1)Cc1cc(Br)cnc1NC2=O)C(F)(F)F.O=C1Nc2ncc(Br)cc2CC12CCN(CCCOC1CCCCO1)CC2. The van der Waals surface area contributed by atoms with E-state index >= 15 is 0 Å². The molecule has 0 aromatic carbocycles. The zero-order valence-electron chi connectivity index (χ0n) is 72.6. The van der Waals surface area contributed by atoms with E-state index in [0.717, 1.165) is 267 Å². The molecule has 2 atom stereocenters. The van der Waals surface area contributed by atoms with Crippen LogP contribution in [0.3, 0.4) is 0 Å². The fourth-order valence-electron chi connectivity index (χ4n) is 19.4. The van der Waals surface area contributed by atoms with Gasteiger partial charge in [0.05, 0.1) is 34.9 Å². The van der Waals surface area contributed by atoms with E-state index in [1.165, 1.54) is 33.7 Å². The van der Waals surface area contributed by atoms with Crippen LogP contribution in [0.2, 0.25) is 0 Å². The first kappa shape index (κ1) is 94.3. The van der Waals surface area contributed by atoms with E-state index in [1.807, 2.05) is 28.0 Å². The molecule has 6 aromatic rings. The number of alkyl halides is 3. The summed E-state index contributed by atoms with van der Waals surface area (Å²) in [5, 5.41) is 25.2. The third kappa shape index (κ3) is 24.5. The number of fused-ring (bicyclic) bond motifs is 4. The van der Waals surface area contributed by atoms with Gasteiger partial charge >= 0.3 is 12.1 Å². The third-order valence-electron chi connectivity index (χ3n) is 27.3. The van der Waals surface area contributed by atoms with Crippen LogP contribution in [0.15, 0.2) is 128 Å². The van der Waals surface area contributed by atoms with Gasteiger partial charge in [-0.25, -0.2) is 19.9 Å². The number of aromatic nitrogens is 4. The number of rotatable bonds is 21. The second kappa shape index (κ2) is 43.8. The molecule has 4 spiro atoms. The van der Waals surface area contributed by atoms with Crippen LogP contribution in [0.1, 0.15) is 165 Å². The van der Waals surface area contributed by atoms with Crippen molar-refractivity contribution in [1.29, 1.82) is 0 Å². The highest BCUT2D eigenvalue weighted by atomic mass is 79.9. The van der Waals surface area contributed by atoms with Crippen molar-refractivity contribution >= 4 is 131 Å². The quantitative estimate of drug-likeness (QED) is 0.0254. The summed E-state index contributed by atoms with van der Waals surface area (Å²) in [6.45, 7) is 14.3. The van der Waals surface area contributed by atoms with E-state index in [-0.39, 0.29) is 86.0 Å². The molecule has 0 bridgehead atoms. The number of carbonyl (C=O) groups excluding carboxylic acids is 7. The van der Waals surface area contributed by atoms with Gasteiger partial charge in [-0.2, -0.15) is 13.2 Å². The number of nitrogens with one attached hydrogen (secondary N) is 4. The summed E-state index contributed by atoms with van der Waals surface area (Å²) < 4.78 is 62.2. The van der Waals surface area contributed by atoms with Gasteiger partial charge in [0.2, 0.25) is 35.4 Å². The van der Waals surface area contributed by atoms with Crippen LogP contribution < -0.4 is 21.3 Å². The maximum atomic E-state index is 13.2. The van der Waals surface area contributed by atoms with Crippen LogP contribution in [0.4, 0.5) is 36.4 Å². The van der Waals surface area contributed by atoms with Crippen LogP contribution in [0, 0.1) is 21.7 Å². The molecule has 0 radical (unpaired) electrons. The number of amides is 7. The molecular weight excluding hydrogens is 1810 g/mol. The Hall–Kier alpha value is -8.32. The molecule has 6 fully saturated rings. The second-order valence-electron chi connectivity index (χ2n) is 35.9. The molecule has 18 heterocycles. The Bertz CT molecular complexity index is 4990. The molecule has 7 amide bonds. The molecule has 6 saturated heterocycles. The van der Waals surface area contributed by atoms with Crippen molar-refractivity contribution in [1.82, 2.24) is 49.3 Å².